The van der Waals surface area contributed by atoms with E-state index in [1.807, 2.05) is 47.2 Å². The normalized spacial score (nSPS) is 14.6. The highest BCUT2D eigenvalue weighted by Gasteiger charge is 2.25. The zero-order chi connectivity index (χ0) is 29.1. The average molecular weight is 621 g/mol. The molecule has 9 nitrogen and oxygen atoms in total. The first-order valence-electron chi connectivity index (χ1n) is 13.7. The maximum atomic E-state index is 13.2. The summed E-state index contributed by atoms with van der Waals surface area (Å²) in [5, 5.41) is 13.9. The van der Waals surface area contributed by atoms with E-state index in [9.17, 15) is 13.2 Å². The van der Waals surface area contributed by atoms with Crippen LogP contribution in [0.3, 0.4) is 0 Å². The minimum absolute atomic E-state index is 0.0444. The number of nitrogens with one attached hydrogen (secondary N) is 2. The molecule has 12 heteroatoms. The van der Waals surface area contributed by atoms with Crippen LogP contribution in [0, 0.1) is 0 Å². The van der Waals surface area contributed by atoms with Gasteiger partial charge in [0.25, 0.3) is 0 Å². The van der Waals surface area contributed by atoms with E-state index >= 15 is 0 Å². The average Bonchev–Trinajstić information content (AvgIpc) is 3.50. The molecule has 1 aliphatic rings. The SMILES string of the molecule is O=C(CSc1nnc(-c2c[nH]c3ccccc23)n1-c1ccc(Cl)cc1)Nc1cccc(S(=O)(=O)N2CCCCCC2)c1. The molecule has 0 radical (unpaired) electrons. The van der Waals surface area contributed by atoms with Crippen molar-refractivity contribution in [2.24, 2.45) is 0 Å². The van der Waals surface area contributed by atoms with Gasteiger partial charge in [-0.05, 0) is 61.4 Å². The first kappa shape index (κ1) is 28.5. The van der Waals surface area contributed by atoms with Crippen molar-refractivity contribution in [2.75, 3.05) is 24.2 Å². The van der Waals surface area contributed by atoms with E-state index in [0.717, 1.165) is 47.8 Å². The lowest BCUT2D eigenvalue weighted by Gasteiger charge is -2.20. The number of carbonyl (C=O) groups excluding carboxylic acids is 1. The topological polar surface area (TPSA) is 113 Å². The van der Waals surface area contributed by atoms with Crippen LogP contribution in [-0.2, 0) is 14.8 Å². The van der Waals surface area contributed by atoms with Gasteiger partial charge in [0.1, 0.15) is 0 Å². The highest BCUT2D eigenvalue weighted by Crippen LogP contribution is 2.33. The number of rotatable bonds is 8. The standard InChI is InChI=1S/C30H29ClN6O3S2/c31-21-12-14-23(15-13-21)37-29(26-19-32-27-11-4-3-10-25(26)27)34-35-30(37)41-20-28(38)33-22-8-7-9-24(18-22)42(39,40)36-16-5-1-2-6-17-36/h3-4,7-15,18-19,32H,1-2,5-6,16-17,20H2,(H,33,38). The summed E-state index contributed by atoms with van der Waals surface area (Å²) in [5.41, 5.74) is 3.09. The van der Waals surface area contributed by atoms with Gasteiger partial charge in [0.15, 0.2) is 11.0 Å². The summed E-state index contributed by atoms with van der Waals surface area (Å²) in [6, 6.07) is 21.7. The second-order valence-corrected chi connectivity index (χ2v) is 13.4. The molecule has 0 spiro atoms. The van der Waals surface area contributed by atoms with Crippen LogP contribution in [0.4, 0.5) is 5.69 Å². The number of carbonyl (C=O) groups is 1. The molecule has 3 heterocycles. The zero-order valence-electron chi connectivity index (χ0n) is 22.7. The predicted molar refractivity (Wildman–Crippen MR) is 167 cm³/mol. The summed E-state index contributed by atoms with van der Waals surface area (Å²) in [7, 11) is -3.63. The Bertz CT molecular complexity index is 1830. The molecule has 2 N–H and O–H groups in total. The number of hydrogen-bond acceptors (Lipinski definition) is 6. The molecule has 0 saturated carbocycles. The number of nitrogens with zero attached hydrogens (tertiary/aromatic N) is 4. The predicted octanol–water partition coefficient (Wildman–Crippen LogP) is 6.36. The number of H-pyrrole nitrogens is 1. The van der Waals surface area contributed by atoms with E-state index < -0.39 is 10.0 Å². The molecule has 0 aliphatic carbocycles. The number of thioether (sulfide) groups is 1. The lowest BCUT2D eigenvalue weighted by atomic mass is 10.1. The number of aromatic nitrogens is 4. The molecule has 1 aliphatic heterocycles. The molecule has 5 aromatic rings. The molecule has 1 fully saturated rings. The third kappa shape index (κ3) is 5.96. The molecule has 3 aromatic carbocycles. The molecule has 2 aromatic heterocycles. The molecule has 0 atom stereocenters. The van der Waals surface area contributed by atoms with E-state index in [1.54, 1.807) is 34.6 Å². The number of aromatic amines is 1. The van der Waals surface area contributed by atoms with Crippen LogP contribution < -0.4 is 5.32 Å². The Hall–Kier alpha value is -3.64. The highest BCUT2D eigenvalue weighted by molar-refractivity contribution is 7.99. The number of amides is 1. The maximum Gasteiger partial charge on any atom is 0.243 e. The van der Waals surface area contributed by atoms with Gasteiger partial charge in [-0.25, -0.2) is 8.42 Å². The van der Waals surface area contributed by atoms with Crippen LogP contribution in [0.25, 0.3) is 28.0 Å². The van der Waals surface area contributed by atoms with E-state index in [0.29, 0.717) is 34.8 Å². The number of para-hydroxylation sites is 1. The zero-order valence-corrected chi connectivity index (χ0v) is 25.1. The molecule has 42 heavy (non-hydrogen) atoms. The third-order valence-corrected chi connectivity index (χ3v) is 10.3. The highest BCUT2D eigenvalue weighted by atomic mass is 35.5. The van der Waals surface area contributed by atoms with Crippen LogP contribution in [-0.4, -0.2) is 57.2 Å². The van der Waals surface area contributed by atoms with Gasteiger partial charge < -0.3 is 10.3 Å². The maximum absolute atomic E-state index is 13.2. The number of benzene rings is 3. The summed E-state index contributed by atoms with van der Waals surface area (Å²) >= 11 is 7.40. The number of halogens is 1. The van der Waals surface area contributed by atoms with Crippen LogP contribution in [0.5, 0.6) is 0 Å². The van der Waals surface area contributed by atoms with Crippen molar-refractivity contribution < 1.29 is 13.2 Å². The van der Waals surface area contributed by atoms with Crippen LogP contribution in [0.15, 0.2) is 89.0 Å². The van der Waals surface area contributed by atoms with Crippen molar-refractivity contribution in [2.45, 2.75) is 35.7 Å². The fraction of sp³-hybridized carbons (Fsp3) is 0.233. The third-order valence-electron chi connectivity index (χ3n) is 7.20. The van der Waals surface area contributed by atoms with Gasteiger partial charge in [-0.1, -0.05) is 60.5 Å². The fourth-order valence-corrected chi connectivity index (χ4v) is 7.55. The molecule has 6 rings (SSSR count). The van der Waals surface area contributed by atoms with Crippen molar-refractivity contribution >= 4 is 55.9 Å². The Morgan fingerprint density at radius 1 is 0.952 bits per heavy atom. The Morgan fingerprint density at radius 2 is 1.71 bits per heavy atom. The molecule has 216 valence electrons. The van der Waals surface area contributed by atoms with Crippen LogP contribution in [0.1, 0.15) is 25.7 Å². The first-order chi connectivity index (χ1) is 20.4. The second kappa shape index (κ2) is 12.3. The molecule has 0 unspecified atom stereocenters. The first-order valence-corrected chi connectivity index (χ1v) is 16.5. The number of fused-ring (bicyclic) bond motifs is 1. The van der Waals surface area contributed by atoms with Gasteiger partial charge >= 0.3 is 0 Å². The van der Waals surface area contributed by atoms with Gasteiger partial charge in [0, 0.05) is 52.2 Å². The van der Waals surface area contributed by atoms with Crippen molar-refractivity contribution in [1.82, 2.24) is 24.1 Å². The van der Waals surface area contributed by atoms with E-state index in [4.69, 9.17) is 11.6 Å². The van der Waals surface area contributed by atoms with Gasteiger partial charge in [0.2, 0.25) is 15.9 Å². The Morgan fingerprint density at radius 3 is 2.50 bits per heavy atom. The molecule has 1 amide bonds. The van der Waals surface area contributed by atoms with Crippen LogP contribution in [0.2, 0.25) is 5.02 Å². The van der Waals surface area contributed by atoms with E-state index in [1.165, 1.54) is 17.8 Å². The Kier molecular flexibility index (Phi) is 8.34. The minimum Gasteiger partial charge on any atom is -0.360 e. The summed E-state index contributed by atoms with van der Waals surface area (Å²) in [4.78, 5) is 16.5. The molecular weight excluding hydrogens is 592 g/mol. The number of anilines is 1. The van der Waals surface area contributed by atoms with Gasteiger partial charge in [-0.3, -0.25) is 9.36 Å². The summed E-state index contributed by atoms with van der Waals surface area (Å²) < 4.78 is 29.9. The smallest absolute Gasteiger partial charge is 0.243 e. The largest absolute Gasteiger partial charge is 0.360 e. The fourth-order valence-electron chi connectivity index (χ4n) is 5.11. The van der Waals surface area contributed by atoms with Gasteiger partial charge in [-0.15, -0.1) is 10.2 Å². The van der Waals surface area contributed by atoms with Crippen molar-refractivity contribution in [1.29, 1.82) is 0 Å². The molecular formula is C30H29ClN6O3S2. The summed E-state index contributed by atoms with van der Waals surface area (Å²) in [6.45, 7) is 1.04. The van der Waals surface area contributed by atoms with Crippen molar-refractivity contribution in [3.8, 4) is 17.1 Å². The monoisotopic (exact) mass is 620 g/mol. The van der Waals surface area contributed by atoms with E-state index in [-0.39, 0.29) is 16.6 Å². The van der Waals surface area contributed by atoms with Crippen molar-refractivity contribution in [3.63, 3.8) is 0 Å². The quantitative estimate of drug-likeness (QED) is 0.195. The molecule has 1 saturated heterocycles. The lowest BCUT2D eigenvalue weighted by Crippen LogP contribution is -2.32. The Labute approximate surface area is 253 Å². The van der Waals surface area contributed by atoms with E-state index in [2.05, 4.69) is 20.5 Å². The number of sulfonamides is 1. The van der Waals surface area contributed by atoms with Crippen molar-refractivity contribution in [3.05, 3.63) is 84.0 Å². The van der Waals surface area contributed by atoms with Gasteiger partial charge in [0.05, 0.1) is 10.6 Å². The lowest BCUT2D eigenvalue weighted by molar-refractivity contribution is -0.113. The second-order valence-electron chi connectivity index (χ2n) is 10.0. The Balaban J connectivity index is 1.22. The summed E-state index contributed by atoms with van der Waals surface area (Å²) in [6.07, 6.45) is 5.68. The van der Waals surface area contributed by atoms with Crippen LogP contribution >= 0.6 is 23.4 Å². The number of hydrogen-bond donors (Lipinski definition) is 2. The molecule has 0 bridgehead atoms. The minimum atomic E-state index is -3.63. The summed E-state index contributed by atoms with van der Waals surface area (Å²) in [5.74, 6) is 0.385. The van der Waals surface area contributed by atoms with Gasteiger partial charge in [-0.2, -0.15) is 4.31 Å².